The summed E-state index contributed by atoms with van der Waals surface area (Å²) in [6, 6.07) is 0. The minimum absolute atomic E-state index is 0.323. The molecule has 0 bridgehead atoms. The molecule has 4 nitrogen and oxygen atoms in total. The molecule has 19 heavy (non-hydrogen) atoms. The number of carboxylic acid groups (broad SMARTS) is 1. The van der Waals surface area contributed by atoms with Crippen LogP contribution in [-0.2, 0) is 18.3 Å². The van der Waals surface area contributed by atoms with Crippen LogP contribution in [0.2, 0.25) is 0 Å². The van der Waals surface area contributed by atoms with Crippen molar-refractivity contribution < 1.29 is 14.5 Å². The molecule has 0 aliphatic heterocycles. The van der Waals surface area contributed by atoms with Gasteiger partial charge in [-0.25, -0.2) is 9.55 Å². The van der Waals surface area contributed by atoms with E-state index in [0.717, 1.165) is 19.3 Å². The molecule has 2 N–H and O–H groups in total. The van der Waals surface area contributed by atoms with E-state index in [1.165, 1.54) is 43.6 Å². The summed E-state index contributed by atoms with van der Waals surface area (Å²) in [5.41, 5.74) is 1.37. The highest BCUT2D eigenvalue weighted by molar-refractivity contribution is 5.66. The molecule has 1 rings (SSSR count). The Hall–Kier alpha value is -1.32. The molecule has 0 aromatic carbocycles. The van der Waals surface area contributed by atoms with Gasteiger partial charge in [-0.05, 0) is 12.8 Å². The molecule has 1 heterocycles. The van der Waals surface area contributed by atoms with Crippen LogP contribution < -0.4 is 4.57 Å². The molecule has 4 heteroatoms. The van der Waals surface area contributed by atoms with E-state index in [9.17, 15) is 4.79 Å². The summed E-state index contributed by atoms with van der Waals surface area (Å²) >= 11 is 0. The van der Waals surface area contributed by atoms with Crippen LogP contribution in [0.3, 0.4) is 0 Å². The molecule has 0 unspecified atom stereocenters. The van der Waals surface area contributed by atoms with Crippen molar-refractivity contribution in [3.8, 4) is 0 Å². The van der Waals surface area contributed by atoms with Gasteiger partial charge in [-0.1, -0.05) is 32.1 Å². The number of carbonyl (C=O) groups is 1. The van der Waals surface area contributed by atoms with Gasteiger partial charge in [0, 0.05) is 19.8 Å². The second-order valence-electron chi connectivity index (χ2n) is 5.29. The first kappa shape index (κ1) is 15.7. The zero-order valence-electron chi connectivity index (χ0n) is 12.2. The number of rotatable bonds is 10. The van der Waals surface area contributed by atoms with Gasteiger partial charge in [0.05, 0.1) is 7.05 Å². The summed E-state index contributed by atoms with van der Waals surface area (Å²) in [6.45, 7) is 2.08. The van der Waals surface area contributed by atoms with E-state index in [2.05, 4.69) is 29.7 Å². The fourth-order valence-electron chi connectivity index (χ4n) is 2.30. The number of nitrogens with zero attached hydrogens (tertiary/aromatic N) is 1. The maximum Gasteiger partial charge on any atom is 0.303 e. The molecule has 0 saturated heterocycles. The zero-order valence-corrected chi connectivity index (χ0v) is 12.2. The highest BCUT2D eigenvalue weighted by atomic mass is 16.4. The van der Waals surface area contributed by atoms with Crippen LogP contribution in [0, 0.1) is 6.92 Å². The first-order valence-electron chi connectivity index (χ1n) is 7.36. The van der Waals surface area contributed by atoms with Crippen molar-refractivity contribution in [3.05, 3.63) is 17.7 Å². The van der Waals surface area contributed by atoms with Gasteiger partial charge >= 0.3 is 5.97 Å². The lowest BCUT2D eigenvalue weighted by molar-refractivity contribution is -0.683. The summed E-state index contributed by atoms with van der Waals surface area (Å²) in [5, 5.41) is 8.51. The Labute approximate surface area is 115 Å². The molecule has 0 saturated carbocycles. The van der Waals surface area contributed by atoms with Gasteiger partial charge in [0.15, 0.2) is 0 Å². The van der Waals surface area contributed by atoms with Crippen LogP contribution >= 0.6 is 0 Å². The van der Waals surface area contributed by atoms with Gasteiger partial charge < -0.3 is 5.11 Å². The van der Waals surface area contributed by atoms with Crippen LogP contribution in [0.15, 0.2) is 6.20 Å². The van der Waals surface area contributed by atoms with Crippen molar-refractivity contribution in [2.45, 2.75) is 64.7 Å². The Morgan fingerprint density at radius 1 is 1.16 bits per heavy atom. The van der Waals surface area contributed by atoms with Crippen LogP contribution in [0.1, 0.15) is 62.9 Å². The third-order valence-electron chi connectivity index (χ3n) is 3.71. The third kappa shape index (κ3) is 6.41. The van der Waals surface area contributed by atoms with Crippen molar-refractivity contribution >= 4 is 5.97 Å². The fraction of sp³-hybridized carbons (Fsp3) is 0.733. The Morgan fingerprint density at radius 3 is 2.26 bits per heavy atom. The molecule has 1 aromatic rings. The number of hydrogen-bond donors (Lipinski definition) is 2. The highest BCUT2D eigenvalue weighted by Gasteiger charge is 2.08. The average molecular weight is 267 g/mol. The number of aryl methyl sites for hydroxylation is 2. The Bertz CT molecular complexity index is 385. The predicted molar refractivity (Wildman–Crippen MR) is 75.0 cm³/mol. The van der Waals surface area contributed by atoms with E-state index in [1.807, 2.05) is 0 Å². The summed E-state index contributed by atoms with van der Waals surface area (Å²) < 4.78 is 2.21. The predicted octanol–water partition coefficient (Wildman–Crippen LogP) is 2.90. The monoisotopic (exact) mass is 267 g/mol. The molecule has 0 radical (unpaired) electrons. The van der Waals surface area contributed by atoms with Gasteiger partial charge in [0.25, 0.3) is 5.82 Å². The van der Waals surface area contributed by atoms with E-state index in [4.69, 9.17) is 5.11 Å². The Balaban J connectivity index is 1.94. The second kappa shape index (κ2) is 8.73. The molecule has 0 fully saturated rings. The number of H-pyrrole nitrogens is 1. The van der Waals surface area contributed by atoms with Gasteiger partial charge in [0.1, 0.15) is 11.9 Å². The summed E-state index contributed by atoms with van der Waals surface area (Å²) in [4.78, 5) is 13.6. The maximum atomic E-state index is 10.3. The molecule has 0 aliphatic carbocycles. The zero-order chi connectivity index (χ0) is 14.1. The van der Waals surface area contributed by atoms with Crippen LogP contribution in [0.25, 0.3) is 0 Å². The average Bonchev–Trinajstić information content (AvgIpc) is 2.68. The first-order chi connectivity index (χ1) is 9.11. The number of carboxylic acids is 1. The summed E-state index contributed by atoms with van der Waals surface area (Å²) in [5.74, 6) is 0.531. The minimum atomic E-state index is -0.672. The van der Waals surface area contributed by atoms with Gasteiger partial charge in [-0.15, -0.1) is 0 Å². The smallest absolute Gasteiger partial charge is 0.303 e. The van der Waals surface area contributed by atoms with Crippen LogP contribution in [0.4, 0.5) is 0 Å². The number of nitrogens with one attached hydrogen (secondary N) is 1. The number of aliphatic carboxylic acids is 1. The first-order valence-corrected chi connectivity index (χ1v) is 7.36. The van der Waals surface area contributed by atoms with Crippen LogP contribution in [0.5, 0.6) is 0 Å². The molecule has 0 spiro atoms. The quantitative estimate of drug-likeness (QED) is 0.506. The van der Waals surface area contributed by atoms with Gasteiger partial charge in [0.2, 0.25) is 0 Å². The fourth-order valence-corrected chi connectivity index (χ4v) is 2.30. The van der Waals surface area contributed by atoms with E-state index in [0.29, 0.717) is 6.42 Å². The van der Waals surface area contributed by atoms with Crippen molar-refractivity contribution in [3.63, 3.8) is 0 Å². The van der Waals surface area contributed by atoms with Crippen LogP contribution in [-0.4, -0.2) is 16.1 Å². The molecule has 0 amide bonds. The SMILES string of the molecule is Cc1[nH]cc(CCCCCCCCCC(=O)O)[n+]1C. The third-order valence-corrected chi connectivity index (χ3v) is 3.71. The Morgan fingerprint density at radius 2 is 1.74 bits per heavy atom. The summed E-state index contributed by atoms with van der Waals surface area (Å²) in [7, 11) is 2.10. The van der Waals surface area contributed by atoms with Gasteiger partial charge in [-0.2, -0.15) is 0 Å². The van der Waals surface area contributed by atoms with Crippen molar-refractivity contribution in [1.82, 2.24) is 4.98 Å². The molecular weight excluding hydrogens is 240 g/mol. The molecular formula is C15H27N2O2+. The Kier molecular flexibility index (Phi) is 7.23. The topological polar surface area (TPSA) is 57.0 Å². The summed E-state index contributed by atoms with van der Waals surface area (Å²) in [6.07, 6.45) is 11.6. The minimum Gasteiger partial charge on any atom is -0.481 e. The number of aromatic nitrogens is 2. The molecule has 0 aliphatic rings. The van der Waals surface area contributed by atoms with E-state index < -0.39 is 5.97 Å². The lowest BCUT2D eigenvalue weighted by Crippen LogP contribution is -2.33. The van der Waals surface area contributed by atoms with Crippen molar-refractivity contribution in [1.29, 1.82) is 0 Å². The standard InChI is InChI=1S/C15H26N2O2/c1-13-16-12-14(17(13)2)10-8-6-4-3-5-7-9-11-15(18)19/h12H,3-11H2,1-2H3,(H,18,19)/p+1. The number of hydrogen-bond acceptors (Lipinski definition) is 1. The van der Waals surface area contributed by atoms with E-state index >= 15 is 0 Å². The van der Waals surface area contributed by atoms with Crippen molar-refractivity contribution in [2.24, 2.45) is 7.05 Å². The number of imidazole rings is 1. The second-order valence-corrected chi connectivity index (χ2v) is 5.29. The molecule has 0 atom stereocenters. The van der Waals surface area contributed by atoms with Gasteiger partial charge in [-0.3, -0.25) is 4.79 Å². The molecule has 1 aromatic heterocycles. The maximum absolute atomic E-state index is 10.3. The van der Waals surface area contributed by atoms with E-state index in [1.54, 1.807) is 0 Å². The molecule has 108 valence electrons. The lowest BCUT2D eigenvalue weighted by Gasteiger charge is -2.01. The lowest BCUT2D eigenvalue weighted by atomic mass is 10.1. The normalized spacial score (nSPS) is 10.8. The van der Waals surface area contributed by atoms with Crippen molar-refractivity contribution in [2.75, 3.05) is 0 Å². The number of unbranched alkanes of at least 4 members (excludes halogenated alkanes) is 6. The number of aromatic amines is 1. The largest absolute Gasteiger partial charge is 0.481 e. The van der Waals surface area contributed by atoms with E-state index in [-0.39, 0.29) is 0 Å². The highest BCUT2D eigenvalue weighted by Crippen LogP contribution is 2.10.